The molecular formula is C6H8N2OS. The molecule has 0 spiro atoms. The first-order valence-electron chi connectivity index (χ1n) is 2.74. The summed E-state index contributed by atoms with van der Waals surface area (Å²) in [5.41, 5.74) is 0. The number of hydrogen-bond donors (Lipinski definition) is 1. The predicted octanol–water partition coefficient (Wildman–Crippen LogP) is 1.12. The molecule has 0 saturated heterocycles. The zero-order valence-corrected chi connectivity index (χ0v) is 6.39. The van der Waals surface area contributed by atoms with Gasteiger partial charge in [-0.05, 0) is 12.1 Å². The summed E-state index contributed by atoms with van der Waals surface area (Å²) in [6.07, 6.45) is 4.46. The van der Waals surface area contributed by atoms with E-state index in [2.05, 4.69) is 4.98 Å². The van der Waals surface area contributed by atoms with Gasteiger partial charge in [0.1, 0.15) is 0 Å². The van der Waals surface area contributed by atoms with Crippen LogP contribution in [0.15, 0.2) is 29.4 Å². The predicted molar refractivity (Wildman–Crippen MR) is 39.3 cm³/mol. The molecule has 1 aromatic rings. The van der Waals surface area contributed by atoms with Crippen molar-refractivity contribution in [2.75, 3.05) is 6.26 Å². The van der Waals surface area contributed by atoms with Crippen molar-refractivity contribution >= 4 is 9.73 Å². The Balaban J connectivity index is 3.22. The van der Waals surface area contributed by atoms with Crippen LogP contribution in [0.4, 0.5) is 0 Å². The Kier molecular flexibility index (Phi) is 1.72. The van der Waals surface area contributed by atoms with Crippen LogP contribution in [0.3, 0.4) is 0 Å². The van der Waals surface area contributed by atoms with Crippen LogP contribution in [-0.4, -0.2) is 15.4 Å². The minimum atomic E-state index is -2.54. The Morgan fingerprint density at radius 1 is 1.50 bits per heavy atom. The van der Waals surface area contributed by atoms with Gasteiger partial charge < -0.3 is 0 Å². The maximum Gasteiger partial charge on any atom is 0.0697 e. The average Bonchev–Trinajstić information content (AvgIpc) is 1.88. The summed E-state index contributed by atoms with van der Waals surface area (Å²) < 4.78 is 18.2. The van der Waals surface area contributed by atoms with Gasteiger partial charge in [-0.25, -0.2) is 8.99 Å². The lowest BCUT2D eigenvalue weighted by Crippen LogP contribution is -1.93. The third-order valence-electron chi connectivity index (χ3n) is 1.10. The Morgan fingerprint density at radius 3 is 2.30 bits per heavy atom. The minimum absolute atomic E-state index is 0.530. The van der Waals surface area contributed by atoms with Crippen molar-refractivity contribution < 1.29 is 4.21 Å². The van der Waals surface area contributed by atoms with Crippen molar-refractivity contribution in [2.45, 2.75) is 4.90 Å². The van der Waals surface area contributed by atoms with Gasteiger partial charge >= 0.3 is 0 Å². The van der Waals surface area contributed by atoms with Gasteiger partial charge in [0.2, 0.25) is 0 Å². The van der Waals surface area contributed by atoms with E-state index in [1.807, 2.05) is 0 Å². The summed E-state index contributed by atoms with van der Waals surface area (Å²) in [6, 6.07) is 3.19. The van der Waals surface area contributed by atoms with Crippen molar-refractivity contribution in [1.29, 1.82) is 4.78 Å². The Labute approximate surface area is 60.1 Å². The second kappa shape index (κ2) is 2.38. The van der Waals surface area contributed by atoms with Crippen molar-refractivity contribution in [3.8, 4) is 0 Å². The summed E-state index contributed by atoms with van der Waals surface area (Å²) >= 11 is 0. The fourth-order valence-corrected chi connectivity index (χ4v) is 1.24. The van der Waals surface area contributed by atoms with Crippen LogP contribution >= 0.6 is 0 Å². The molecule has 4 heteroatoms. The van der Waals surface area contributed by atoms with Gasteiger partial charge in [-0.3, -0.25) is 4.98 Å². The molecule has 0 aliphatic carbocycles. The summed E-state index contributed by atoms with van der Waals surface area (Å²) in [6.45, 7) is 0. The molecule has 10 heavy (non-hydrogen) atoms. The van der Waals surface area contributed by atoms with E-state index < -0.39 is 9.73 Å². The molecule has 0 radical (unpaired) electrons. The number of nitrogens with zero attached hydrogens (tertiary/aromatic N) is 1. The zero-order valence-electron chi connectivity index (χ0n) is 5.57. The lowest BCUT2D eigenvalue weighted by molar-refractivity contribution is 0.679. The van der Waals surface area contributed by atoms with E-state index in [9.17, 15) is 4.21 Å². The fraction of sp³-hybridized carbons (Fsp3) is 0.167. The molecule has 1 rings (SSSR count). The molecule has 0 bridgehead atoms. The van der Waals surface area contributed by atoms with Crippen molar-refractivity contribution in [3.63, 3.8) is 0 Å². The summed E-state index contributed by atoms with van der Waals surface area (Å²) in [7, 11) is -2.54. The smallest absolute Gasteiger partial charge is 0.0697 e. The minimum Gasteiger partial charge on any atom is -0.265 e. The van der Waals surface area contributed by atoms with Crippen LogP contribution in [0.1, 0.15) is 0 Å². The molecule has 0 saturated carbocycles. The highest BCUT2D eigenvalue weighted by atomic mass is 32.2. The molecule has 1 aromatic heterocycles. The van der Waals surface area contributed by atoms with Crippen LogP contribution in [0.2, 0.25) is 0 Å². The molecule has 1 N–H and O–H groups in total. The molecule has 0 unspecified atom stereocenters. The Hall–Kier alpha value is -0.900. The van der Waals surface area contributed by atoms with Crippen molar-refractivity contribution in [3.05, 3.63) is 24.5 Å². The summed E-state index contributed by atoms with van der Waals surface area (Å²) in [4.78, 5) is 4.28. The van der Waals surface area contributed by atoms with Gasteiger partial charge in [0.05, 0.1) is 9.73 Å². The molecule has 0 aromatic carbocycles. The van der Waals surface area contributed by atoms with E-state index in [0.717, 1.165) is 0 Å². The Bertz CT molecular complexity index is 304. The first-order valence-corrected chi connectivity index (χ1v) is 4.71. The van der Waals surface area contributed by atoms with Crippen LogP contribution in [-0.2, 0) is 9.73 Å². The van der Waals surface area contributed by atoms with E-state index in [1.54, 1.807) is 12.1 Å². The molecule has 0 fully saturated rings. The highest BCUT2D eigenvalue weighted by molar-refractivity contribution is 7.91. The normalized spacial score (nSPS) is 16.1. The molecule has 0 aliphatic rings. The van der Waals surface area contributed by atoms with Crippen LogP contribution in [0.5, 0.6) is 0 Å². The van der Waals surface area contributed by atoms with E-state index in [0.29, 0.717) is 4.90 Å². The van der Waals surface area contributed by atoms with E-state index >= 15 is 0 Å². The number of aromatic nitrogens is 1. The average molecular weight is 156 g/mol. The lowest BCUT2D eigenvalue weighted by Gasteiger charge is -1.96. The second-order valence-electron chi connectivity index (χ2n) is 2.03. The van der Waals surface area contributed by atoms with Gasteiger partial charge in [-0.1, -0.05) is 0 Å². The van der Waals surface area contributed by atoms with Crippen LogP contribution in [0, 0.1) is 4.78 Å². The van der Waals surface area contributed by atoms with Gasteiger partial charge in [0.25, 0.3) is 0 Å². The Morgan fingerprint density at radius 2 is 2.00 bits per heavy atom. The largest absolute Gasteiger partial charge is 0.265 e. The fourth-order valence-electron chi connectivity index (χ4n) is 0.598. The van der Waals surface area contributed by atoms with Gasteiger partial charge in [0.15, 0.2) is 0 Å². The maximum absolute atomic E-state index is 11.0. The number of hydrogen-bond acceptors (Lipinski definition) is 3. The summed E-state index contributed by atoms with van der Waals surface area (Å²) in [5, 5.41) is 0. The van der Waals surface area contributed by atoms with Crippen molar-refractivity contribution in [1.82, 2.24) is 4.98 Å². The van der Waals surface area contributed by atoms with Crippen LogP contribution in [0.25, 0.3) is 0 Å². The quantitative estimate of drug-likeness (QED) is 0.662. The number of nitrogens with one attached hydrogen (secondary N) is 1. The number of pyridine rings is 1. The van der Waals surface area contributed by atoms with Gasteiger partial charge in [-0.15, -0.1) is 0 Å². The second-order valence-corrected chi connectivity index (χ2v) is 4.19. The lowest BCUT2D eigenvalue weighted by atomic mass is 10.5. The van der Waals surface area contributed by atoms with Gasteiger partial charge in [-0.2, -0.15) is 0 Å². The molecule has 0 aliphatic heterocycles. The first-order chi connectivity index (χ1) is 4.61. The van der Waals surface area contributed by atoms with E-state index in [4.69, 9.17) is 4.78 Å². The van der Waals surface area contributed by atoms with E-state index in [1.165, 1.54) is 18.6 Å². The standard InChI is InChI=1S/C6H8N2OS/c1-10(7,9)6-2-4-8-5-3-6/h2-5,7H,1H3/t10-/m0/s1. The molecule has 3 nitrogen and oxygen atoms in total. The van der Waals surface area contributed by atoms with E-state index in [-0.39, 0.29) is 0 Å². The molecule has 1 atom stereocenters. The van der Waals surface area contributed by atoms with Gasteiger partial charge in [0, 0.05) is 23.5 Å². The van der Waals surface area contributed by atoms with Crippen molar-refractivity contribution in [2.24, 2.45) is 0 Å². The third kappa shape index (κ3) is 1.54. The monoisotopic (exact) mass is 156 g/mol. The SMILES string of the molecule is C[S@](=N)(=O)c1ccncc1. The topological polar surface area (TPSA) is 53.8 Å². The molecule has 0 amide bonds. The maximum atomic E-state index is 11.0. The molecule has 54 valence electrons. The highest BCUT2D eigenvalue weighted by Crippen LogP contribution is 2.05. The highest BCUT2D eigenvalue weighted by Gasteiger charge is 1.99. The number of rotatable bonds is 1. The first kappa shape index (κ1) is 7.21. The van der Waals surface area contributed by atoms with Crippen LogP contribution < -0.4 is 0 Å². The summed E-state index contributed by atoms with van der Waals surface area (Å²) in [5.74, 6) is 0. The molecule has 1 heterocycles. The third-order valence-corrected chi connectivity index (χ3v) is 2.27. The zero-order chi connectivity index (χ0) is 7.61. The molecular weight excluding hydrogens is 148 g/mol.